The molecule has 4 N–H and O–H groups in total. The molecule has 0 aliphatic carbocycles. The number of hydroxylamine groups is 1. The van der Waals surface area contributed by atoms with E-state index in [-0.39, 0.29) is 31.7 Å². The molecular formula is C28H32F4N4O4. The molecule has 40 heavy (non-hydrogen) atoms. The molecule has 12 heteroatoms. The molecule has 1 fully saturated rings. The van der Waals surface area contributed by atoms with E-state index in [0.717, 1.165) is 12.1 Å². The predicted molar refractivity (Wildman–Crippen MR) is 139 cm³/mol. The molecule has 1 aliphatic heterocycles. The van der Waals surface area contributed by atoms with Crippen LogP contribution in [-0.2, 0) is 11.3 Å². The first-order valence-corrected chi connectivity index (χ1v) is 12.9. The van der Waals surface area contributed by atoms with E-state index in [0.29, 0.717) is 60.3 Å². The number of pyridine rings is 1. The quantitative estimate of drug-likeness (QED) is 0.135. The van der Waals surface area contributed by atoms with Gasteiger partial charge in [-0.3, -0.25) is 19.9 Å². The Bertz CT molecular complexity index is 1320. The Hall–Kier alpha value is -3.48. The molecule has 2 heterocycles. The largest absolute Gasteiger partial charge is 0.497 e. The minimum Gasteiger partial charge on any atom is -0.497 e. The number of aromatic nitrogens is 1. The lowest BCUT2D eigenvalue weighted by Crippen LogP contribution is -2.49. The second-order valence-corrected chi connectivity index (χ2v) is 9.90. The molecule has 3 aromatic rings. The van der Waals surface area contributed by atoms with E-state index in [1.807, 2.05) is 4.90 Å². The average molecular weight is 565 g/mol. The summed E-state index contributed by atoms with van der Waals surface area (Å²) >= 11 is 0. The van der Waals surface area contributed by atoms with Gasteiger partial charge in [0, 0.05) is 42.4 Å². The van der Waals surface area contributed by atoms with Crippen LogP contribution >= 0.6 is 0 Å². The highest BCUT2D eigenvalue weighted by Gasteiger charge is 2.41. The van der Waals surface area contributed by atoms with Crippen LogP contribution in [0.25, 0.3) is 10.9 Å². The van der Waals surface area contributed by atoms with Crippen LogP contribution in [0.3, 0.4) is 0 Å². The number of nitrogens with one attached hydrogen (secondary N) is 1. The number of halogens is 4. The smallest absolute Gasteiger partial charge is 0.249 e. The fourth-order valence-corrected chi connectivity index (χ4v) is 5.26. The van der Waals surface area contributed by atoms with Gasteiger partial charge >= 0.3 is 0 Å². The summed E-state index contributed by atoms with van der Waals surface area (Å²) < 4.78 is 66.5. The molecule has 2 aromatic carbocycles. The summed E-state index contributed by atoms with van der Waals surface area (Å²) in [5, 5.41) is 10.0. The third-order valence-corrected chi connectivity index (χ3v) is 7.64. The van der Waals surface area contributed by atoms with Gasteiger partial charge in [-0.05, 0) is 62.5 Å². The van der Waals surface area contributed by atoms with Crippen molar-refractivity contribution in [3.8, 4) is 11.5 Å². The maximum Gasteiger partial charge on any atom is 0.249 e. The fourth-order valence-electron chi connectivity index (χ4n) is 5.26. The summed E-state index contributed by atoms with van der Waals surface area (Å²) in [4.78, 5) is 19.1. The summed E-state index contributed by atoms with van der Waals surface area (Å²) in [5.74, 6) is -4.39. The zero-order valence-corrected chi connectivity index (χ0v) is 22.1. The van der Waals surface area contributed by atoms with Crippen molar-refractivity contribution < 1.29 is 37.0 Å². The van der Waals surface area contributed by atoms with E-state index >= 15 is 4.39 Å². The van der Waals surface area contributed by atoms with Gasteiger partial charge in [-0.2, -0.15) is 0 Å². The molecule has 0 unspecified atom stereocenters. The molecule has 1 atom stereocenters. The standard InChI is InChI=1S/C28H32F4N4O4/c1-39-18-2-3-24-20(12-18)25(17(15-33)16-34-24)21(29)4-5-28(27(37)35-38)6-8-36(9-7-28)10-11-40-19-13-22(30)26(32)23(31)14-19/h2-3,12-14,16,21,38H,4-11,15,33H2,1H3,(H,35,37)/t21-/m1/s1. The predicted octanol–water partition coefficient (Wildman–Crippen LogP) is 4.58. The lowest BCUT2D eigenvalue weighted by molar-refractivity contribution is -0.143. The van der Waals surface area contributed by atoms with Crippen LogP contribution < -0.4 is 20.7 Å². The van der Waals surface area contributed by atoms with Crippen molar-refractivity contribution in [1.82, 2.24) is 15.4 Å². The summed E-state index contributed by atoms with van der Waals surface area (Å²) in [6.07, 6.45) is 1.00. The maximum atomic E-state index is 15.9. The number of carbonyl (C=O) groups excluding carboxylic acids is 1. The number of hydrogen-bond acceptors (Lipinski definition) is 7. The van der Waals surface area contributed by atoms with Crippen LogP contribution in [0.1, 0.15) is 43.0 Å². The highest BCUT2D eigenvalue weighted by Crippen LogP contribution is 2.41. The Labute approximate surface area is 229 Å². The summed E-state index contributed by atoms with van der Waals surface area (Å²) in [6, 6.07) is 6.75. The number of nitrogens with two attached hydrogens (primary N) is 1. The second-order valence-electron chi connectivity index (χ2n) is 9.90. The van der Waals surface area contributed by atoms with Crippen molar-refractivity contribution in [1.29, 1.82) is 0 Å². The molecule has 0 radical (unpaired) electrons. The number of nitrogens with zero attached hydrogens (tertiary/aromatic N) is 2. The zero-order valence-electron chi connectivity index (χ0n) is 22.1. The van der Waals surface area contributed by atoms with Gasteiger partial charge in [-0.25, -0.2) is 23.0 Å². The number of fused-ring (bicyclic) bond motifs is 1. The van der Waals surface area contributed by atoms with Gasteiger partial charge in [0.25, 0.3) is 0 Å². The molecule has 1 saturated heterocycles. The van der Waals surface area contributed by atoms with Gasteiger partial charge in [0.15, 0.2) is 17.5 Å². The van der Waals surface area contributed by atoms with E-state index in [4.69, 9.17) is 15.2 Å². The van der Waals surface area contributed by atoms with Crippen molar-refractivity contribution in [3.63, 3.8) is 0 Å². The number of hydrogen-bond donors (Lipinski definition) is 3. The van der Waals surface area contributed by atoms with Crippen LogP contribution in [0, 0.1) is 22.9 Å². The molecule has 0 spiro atoms. The molecule has 4 rings (SSSR count). The highest BCUT2D eigenvalue weighted by molar-refractivity contribution is 5.85. The number of ether oxygens (including phenoxy) is 2. The minimum absolute atomic E-state index is 0.0154. The van der Waals surface area contributed by atoms with Crippen molar-refractivity contribution in [2.75, 3.05) is 33.4 Å². The number of piperidine rings is 1. The van der Waals surface area contributed by atoms with Gasteiger partial charge in [0.2, 0.25) is 5.91 Å². The molecule has 1 aliphatic rings. The van der Waals surface area contributed by atoms with Crippen LogP contribution in [0.15, 0.2) is 36.5 Å². The van der Waals surface area contributed by atoms with E-state index < -0.39 is 34.9 Å². The Morgan fingerprint density at radius 3 is 2.50 bits per heavy atom. The average Bonchev–Trinajstić information content (AvgIpc) is 2.97. The molecule has 8 nitrogen and oxygen atoms in total. The van der Waals surface area contributed by atoms with E-state index in [9.17, 15) is 23.2 Å². The fraction of sp³-hybridized carbons (Fsp3) is 0.429. The number of alkyl halides is 1. The van der Waals surface area contributed by atoms with Gasteiger partial charge in [-0.15, -0.1) is 0 Å². The molecule has 0 bridgehead atoms. The topological polar surface area (TPSA) is 110 Å². The van der Waals surface area contributed by atoms with Crippen LogP contribution in [0.2, 0.25) is 0 Å². The Morgan fingerprint density at radius 1 is 1.18 bits per heavy atom. The van der Waals surface area contributed by atoms with Gasteiger partial charge in [0.05, 0.1) is 18.0 Å². The molecular weight excluding hydrogens is 532 g/mol. The van der Waals surface area contributed by atoms with E-state index in [1.54, 1.807) is 29.9 Å². The van der Waals surface area contributed by atoms with Gasteiger partial charge < -0.3 is 15.2 Å². The van der Waals surface area contributed by atoms with E-state index in [2.05, 4.69) is 4.98 Å². The van der Waals surface area contributed by atoms with Crippen molar-refractivity contribution >= 4 is 16.8 Å². The number of likely N-dealkylation sites (tertiary alicyclic amines) is 1. The van der Waals surface area contributed by atoms with Crippen molar-refractivity contribution in [2.45, 2.75) is 38.4 Å². The summed E-state index contributed by atoms with van der Waals surface area (Å²) in [7, 11) is 1.52. The first-order valence-electron chi connectivity index (χ1n) is 12.9. The Kier molecular flexibility index (Phi) is 9.44. The minimum atomic E-state index is -1.56. The van der Waals surface area contributed by atoms with Crippen LogP contribution in [-0.4, -0.2) is 54.3 Å². The van der Waals surface area contributed by atoms with Crippen molar-refractivity contribution in [3.05, 3.63) is 65.1 Å². The molecule has 216 valence electrons. The third-order valence-electron chi connectivity index (χ3n) is 7.64. The lowest BCUT2D eigenvalue weighted by atomic mass is 9.73. The molecule has 0 saturated carbocycles. The number of carbonyl (C=O) groups is 1. The van der Waals surface area contributed by atoms with Crippen LogP contribution in [0.4, 0.5) is 17.6 Å². The SMILES string of the molecule is COc1ccc2ncc(CN)c([C@H](F)CCC3(C(=O)NO)CCN(CCOc4cc(F)c(F)c(F)c4)CC3)c2c1. The number of rotatable bonds is 11. The Balaban J connectivity index is 1.41. The number of benzene rings is 2. The summed E-state index contributed by atoms with van der Waals surface area (Å²) in [5.41, 5.74) is 8.21. The van der Waals surface area contributed by atoms with Gasteiger partial charge in [-0.1, -0.05) is 0 Å². The first kappa shape index (κ1) is 29.5. The van der Waals surface area contributed by atoms with E-state index in [1.165, 1.54) is 7.11 Å². The second kappa shape index (κ2) is 12.8. The van der Waals surface area contributed by atoms with Crippen LogP contribution in [0.5, 0.6) is 11.5 Å². The highest BCUT2D eigenvalue weighted by atomic mass is 19.2. The monoisotopic (exact) mass is 564 g/mol. The number of methoxy groups -OCH3 is 1. The summed E-state index contributed by atoms with van der Waals surface area (Å²) in [6.45, 7) is 1.45. The Morgan fingerprint density at radius 2 is 1.88 bits per heavy atom. The zero-order chi connectivity index (χ0) is 28.9. The molecule has 1 aromatic heterocycles. The number of amides is 1. The lowest BCUT2D eigenvalue weighted by Gasteiger charge is -2.40. The van der Waals surface area contributed by atoms with Gasteiger partial charge in [0.1, 0.15) is 24.3 Å². The third kappa shape index (κ3) is 6.29. The first-order chi connectivity index (χ1) is 19.2. The maximum absolute atomic E-state index is 15.9. The van der Waals surface area contributed by atoms with Crippen molar-refractivity contribution in [2.24, 2.45) is 11.1 Å². The molecule has 1 amide bonds. The normalized spacial score (nSPS) is 16.1.